The summed E-state index contributed by atoms with van der Waals surface area (Å²) in [6.45, 7) is 3.40. The Morgan fingerprint density at radius 1 is 1.06 bits per heavy atom. The van der Waals surface area contributed by atoms with Crippen LogP contribution < -0.4 is 10.6 Å². The predicted octanol–water partition coefficient (Wildman–Crippen LogP) is 3.32. The van der Waals surface area contributed by atoms with E-state index in [9.17, 15) is 26.8 Å². The Morgan fingerprint density at radius 2 is 1.79 bits per heavy atom. The van der Waals surface area contributed by atoms with Crippen LogP contribution in [0.25, 0.3) is 0 Å². The van der Waals surface area contributed by atoms with E-state index >= 15 is 0 Å². The molecule has 11 heteroatoms. The minimum Gasteiger partial charge on any atom is -0.444 e. The van der Waals surface area contributed by atoms with Gasteiger partial charge in [0.2, 0.25) is 15.9 Å². The van der Waals surface area contributed by atoms with Crippen LogP contribution in [0.5, 0.6) is 0 Å². The van der Waals surface area contributed by atoms with Gasteiger partial charge in [-0.25, -0.2) is 17.2 Å². The molecule has 1 aromatic heterocycles. The molecule has 0 radical (unpaired) electrons. The summed E-state index contributed by atoms with van der Waals surface area (Å²) in [7, 11) is -3.86. The fourth-order valence-corrected chi connectivity index (χ4v) is 4.78. The summed E-state index contributed by atoms with van der Waals surface area (Å²) in [5.74, 6) is -2.29. The molecule has 0 saturated heterocycles. The van der Waals surface area contributed by atoms with Crippen molar-refractivity contribution in [3.8, 4) is 0 Å². The quantitative estimate of drug-likeness (QED) is 0.497. The van der Waals surface area contributed by atoms with Crippen LogP contribution in [0.2, 0.25) is 0 Å². The monoisotopic (exact) mass is 487 g/mol. The molecule has 2 amide bonds. The molecule has 176 valence electrons. The molecule has 0 saturated carbocycles. The van der Waals surface area contributed by atoms with Crippen LogP contribution >= 0.6 is 0 Å². The molecule has 0 aliphatic carbocycles. The molecule has 4 rings (SSSR count). The maximum absolute atomic E-state index is 13.3. The summed E-state index contributed by atoms with van der Waals surface area (Å²) in [6.07, 6.45) is 1.09. The van der Waals surface area contributed by atoms with Crippen molar-refractivity contribution in [3.63, 3.8) is 0 Å². The number of rotatable bonds is 7. The fraction of sp³-hybridized carbons (Fsp3) is 0.130. The number of nitrogens with one attached hydrogen (secondary N) is 2. The zero-order valence-electron chi connectivity index (χ0n) is 17.7. The van der Waals surface area contributed by atoms with E-state index in [1.54, 1.807) is 6.07 Å². The summed E-state index contributed by atoms with van der Waals surface area (Å²) < 4.78 is 59.0. The number of hydrogen-bond donors (Lipinski definition) is 2. The number of nitrogens with zero attached hydrogens (tertiary/aromatic N) is 1. The Morgan fingerprint density at radius 3 is 2.44 bits per heavy atom. The van der Waals surface area contributed by atoms with Crippen LogP contribution in [-0.4, -0.2) is 24.5 Å². The highest BCUT2D eigenvalue weighted by Crippen LogP contribution is 2.32. The first-order valence-electron chi connectivity index (χ1n) is 10.0. The summed E-state index contributed by atoms with van der Waals surface area (Å²) in [6, 6.07) is 10.2. The number of anilines is 1. The largest absolute Gasteiger partial charge is 0.444 e. The molecular weight excluding hydrogens is 468 g/mol. The van der Waals surface area contributed by atoms with Gasteiger partial charge in [0.25, 0.3) is 5.91 Å². The lowest BCUT2D eigenvalue weighted by atomic mass is 10.2. The lowest BCUT2D eigenvalue weighted by Crippen LogP contribution is -2.26. The van der Waals surface area contributed by atoms with Crippen LogP contribution in [0.1, 0.15) is 27.2 Å². The number of carbonyl (C=O) groups is 2. The summed E-state index contributed by atoms with van der Waals surface area (Å²) in [4.78, 5) is 23.7. The van der Waals surface area contributed by atoms with Gasteiger partial charge in [0, 0.05) is 30.3 Å². The normalized spacial score (nSPS) is 13.4. The van der Waals surface area contributed by atoms with Gasteiger partial charge in [-0.15, -0.1) is 0 Å². The van der Waals surface area contributed by atoms with Crippen molar-refractivity contribution in [1.82, 2.24) is 9.62 Å². The Balaban J connectivity index is 1.39. The van der Waals surface area contributed by atoms with Gasteiger partial charge in [-0.3, -0.25) is 14.9 Å². The molecule has 0 spiro atoms. The molecular formula is C23H19F2N3O5S. The molecule has 0 atom stereocenters. The topological polar surface area (TPSA) is 109 Å². The average molecular weight is 487 g/mol. The van der Waals surface area contributed by atoms with Gasteiger partial charge in [0.15, 0.2) is 17.5 Å². The first kappa shape index (κ1) is 23.3. The molecule has 3 aromatic rings. The number of carbonyl (C=O) groups excluding carboxylic acids is 2. The van der Waals surface area contributed by atoms with Gasteiger partial charge in [-0.05, 0) is 48.0 Å². The molecule has 0 fully saturated rings. The molecule has 2 N–H and O–H groups in total. The maximum Gasteiger partial charge on any atom is 0.251 e. The second-order valence-electron chi connectivity index (χ2n) is 7.48. The summed E-state index contributed by atoms with van der Waals surface area (Å²) in [5, 5.41) is 5.05. The summed E-state index contributed by atoms with van der Waals surface area (Å²) in [5.41, 5.74) is 1.22. The first-order valence-corrected chi connectivity index (χ1v) is 11.5. The Kier molecular flexibility index (Phi) is 6.31. The van der Waals surface area contributed by atoms with Crippen LogP contribution in [0, 0.1) is 11.6 Å². The highest BCUT2D eigenvalue weighted by Gasteiger charge is 2.33. The van der Waals surface area contributed by atoms with E-state index < -0.39 is 33.5 Å². The number of sulfonamides is 1. The minimum absolute atomic E-state index is 0.00189. The third-order valence-electron chi connectivity index (χ3n) is 5.19. The maximum atomic E-state index is 13.3. The van der Waals surface area contributed by atoms with Crippen molar-refractivity contribution in [2.45, 2.75) is 24.5 Å². The SMILES string of the molecule is C=CC(=O)Nc1cc2c(o1)CN(S(=O)(=O)c1ccc(C(=O)NCc3ccc(F)c(F)c3)cc1)C2. The molecule has 2 aromatic carbocycles. The van der Waals surface area contributed by atoms with E-state index in [0.717, 1.165) is 18.2 Å². The second-order valence-corrected chi connectivity index (χ2v) is 9.42. The lowest BCUT2D eigenvalue weighted by molar-refractivity contribution is -0.112. The molecule has 8 nitrogen and oxygen atoms in total. The zero-order chi connectivity index (χ0) is 24.5. The third kappa shape index (κ3) is 4.75. The Labute approximate surface area is 193 Å². The molecule has 34 heavy (non-hydrogen) atoms. The van der Waals surface area contributed by atoms with Gasteiger partial charge in [-0.1, -0.05) is 12.6 Å². The number of furan rings is 1. The van der Waals surface area contributed by atoms with Crippen LogP contribution in [0.4, 0.5) is 14.7 Å². The molecule has 1 aliphatic heterocycles. The van der Waals surface area contributed by atoms with E-state index in [4.69, 9.17) is 4.42 Å². The average Bonchev–Trinajstić information content (AvgIpc) is 3.39. The van der Waals surface area contributed by atoms with Crippen LogP contribution in [0.15, 0.2) is 70.5 Å². The van der Waals surface area contributed by atoms with Gasteiger partial charge in [0.1, 0.15) is 5.76 Å². The molecule has 2 heterocycles. The lowest BCUT2D eigenvalue weighted by Gasteiger charge is -2.16. The van der Waals surface area contributed by atoms with E-state index in [1.807, 2.05) is 0 Å². The van der Waals surface area contributed by atoms with Gasteiger partial charge >= 0.3 is 0 Å². The number of hydrogen-bond acceptors (Lipinski definition) is 5. The fourth-order valence-electron chi connectivity index (χ4n) is 3.41. The Bertz CT molecular complexity index is 1360. The second kappa shape index (κ2) is 9.20. The minimum atomic E-state index is -3.86. The number of benzene rings is 2. The van der Waals surface area contributed by atoms with Gasteiger partial charge < -0.3 is 9.73 Å². The molecule has 1 aliphatic rings. The smallest absolute Gasteiger partial charge is 0.251 e. The van der Waals surface area contributed by atoms with E-state index in [1.165, 1.54) is 34.6 Å². The van der Waals surface area contributed by atoms with Gasteiger partial charge in [0.05, 0.1) is 11.4 Å². The molecule has 0 unspecified atom stereocenters. The highest BCUT2D eigenvalue weighted by molar-refractivity contribution is 7.89. The van der Waals surface area contributed by atoms with E-state index in [2.05, 4.69) is 17.2 Å². The van der Waals surface area contributed by atoms with Gasteiger partial charge in [-0.2, -0.15) is 4.31 Å². The third-order valence-corrected chi connectivity index (χ3v) is 6.99. The van der Waals surface area contributed by atoms with Crippen molar-refractivity contribution in [3.05, 3.63) is 95.3 Å². The van der Waals surface area contributed by atoms with E-state index in [0.29, 0.717) is 16.9 Å². The Hall–Kier alpha value is -3.83. The number of halogens is 2. The van der Waals surface area contributed by atoms with Crippen LogP contribution in [0.3, 0.4) is 0 Å². The van der Waals surface area contributed by atoms with Crippen LogP contribution in [-0.2, 0) is 34.5 Å². The predicted molar refractivity (Wildman–Crippen MR) is 118 cm³/mol. The number of fused-ring (bicyclic) bond motifs is 1. The van der Waals surface area contributed by atoms with Crippen molar-refractivity contribution in [2.75, 3.05) is 5.32 Å². The standard InChI is InChI=1S/C23H19F2N3O5S/c1-2-21(29)27-22-10-16-12-28(13-20(16)33-22)34(31,32)17-6-4-15(5-7-17)23(30)26-11-14-3-8-18(24)19(25)9-14/h2-10H,1,11-13H2,(H,26,30)(H,27,29). The highest BCUT2D eigenvalue weighted by atomic mass is 32.2. The van der Waals surface area contributed by atoms with Crippen molar-refractivity contribution >= 4 is 27.7 Å². The summed E-state index contributed by atoms with van der Waals surface area (Å²) >= 11 is 0. The van der Waals surface area contributed by atoms with E-state index in [-0.39, 0.29) is 36.0 Å². The zero-order valence-corrected chi connectivity index (χ0v) is 18.5. The van der Waals surface area contributed by atoms with Crippen molar-refractivity contribution < 1.29 is 31.2 Å². The number of amides is 2. The first-order chi connectivity index (χ1) is 16.2. The van der Waals surface area contributed by atoms with Crippen molar-refractivity contribution in [2.24, 2.45) is 0 Å². The van der Waals surface area contributed by atoms with Crippen molar-refractivity contribution in [1.29, 1.82) is 0 Å². The molecule has 0 bridgehead atoms.